The van der Waals surface area contributed by atoms with Gasteiger partial charge in [0.1, 0.15) is 0 Å². The van der Waals surface area contributed by atoms with E-state index in [1.54, 1.807) is 0 Å². The topological polar surface area (TPSA) is 0 Å². The Kier molecular flexibility index (Phi) is 57.4. The van der Waals surface area contributed by atoms with Gasteiger partial charge in [0.15, 0.2) is 0 Å². The maximum absolute atomic E-state index is 2.28. The van der Waals surface area contributed by atoms with Crippen LogP contribution in [0.3, 0.4) is 0 Å². The van der Waals surface area contributed by atoms with Gasteiger partial charge in [0.05, 0.1) is 0 Å². The first-order chi connectivity index (χ1) is 71.6. The molecule has 146 heavy (non-hydrogen) atoms. The maximum atomic E-state index is 2.28. The van der Waals surface area contributed by atoms with Gasteiger partial charge in [-0.05, 0) is 308 Å². The molecule has 0 radical (unpaired) electrons. The fraction of sp³-hybridized carbons (Fsp3) is 0.205. The van der Waals surface area contributed by atoms with E-state index >= 15 is 0 Å². The molecule has 0 atom stereocenters. The molecular formula is C146H168. The predicted octanol–water partition coefficient (Wildman–Crippen LogP) is 46.4. The van der Waals surface area contributed by atoms with Crippen molar-refractivity contribution in [3.8, 4) is 0 Å². The van der Waals surface area contributed by atoms with E-state index in [1.165, 1.54) is 206 Å². The standard InChI is InChI=1S/5C15H12.4C11H10.C7H8.10C2H6/c1-11-14-8-4-2-6-12(14)10-13-7-3-5-9-15(11)13;3*1-11-5-4-8-14-9-12-6-2-3-7-13(12)10-15(11)14;1-11-6-7-14-9-12-4-2-3-5-13(12)10-15(14)8-11;2*1-9-5-4-7-10-6-2-3-8-11(9)10;2*1-9-6-7-10-4-2-3-5-11(10)8-9;1-7-5-3-2-4-6-7;10*1-2/h5*2-10H,1H3;4*2-8H,1H3;2-6H,1H3;10*1-2H3. The minimum Gasteiger partial charge on any atom is -0.0683 e. The van der Waals surface area contributed by atoms with Crippen LogP contribution in [0.25, 0.3) is 151 Å². The summed E-state index contributed by atoms with van der Waals surface area (Å²) in [4.78, 5) is 0. The van der Waals surface area contributed by atoms with Crippen LogP contribution < -0.4 is 0 Å². The first-order valence-corrected chi connectivity index (χ1v) is 53.8. The van der Waals surface area contributed by atoms with E-state index in [0.717, 1.165) is 0 Å². The highest BCUT2D eigenvalue weighted by molar-refractivity contribution is 6.05. The average Bonchev–Trinajstić information content (AvgIpc) is 0.769. The first kappa shape index (κ1) is 121. The molecule has 0 unspecified atom stereocenters. The van der Waals surface area contributed by atoms with E-state index in [2.05, 4.69) is 524 Å². The number of benzene rings is 24. The molecule has 0 nitrogen and oxygen atoms in total. The van der Waals surface area contributed by atoms with Gasteiger partial charge in [-0.15, -0.1) is 0 Å². The van der Waals surface area contributed by atoms with Gasteiger partial charge < -0.3 is 0 Å². The highest BCUT2D eigenvalue weighted by Gasteiger charge is 2.07. The summed E-state index contributed by atoms with van der Waals surface area (Å²) in [5, 5.41) is 37.3. The summed E-state index contributed by atoms with van der Waals surface area (Å²) in [5.74, 6) is 0. The van der Waals surface area contributed by atoms with E-state index in [1.807, 2.05) is 157 Å². The Balaban J connectivity index is 0.000000281. The van der Waals surface area contributed by atoms with E-state index in [4.69, 9.17) is 0 Å². The molecule has 0 bridgehead atoms. The molecule has 0 aliphatic heterocycles. The van der Waals surface area contributed by atoms with Crippen molar-refractivity contribution < 1.29 is 0 Å². The zero-order valence-corrected chi connectivity index (χ0v) is 94.0. The number of hydrogen-bond donors (Lipinski definition) is 0. The van der Waals surface area contributed by atoms with Crippen LogP contribution in [0.5, 0.6) is 0 Å². The lowest BCUT2D eigenvalue weighted by Crippen LogP contribution is -1.81. The molecule has 0 spiro atoms. The molecule has 0 fully saturated rings. The molecule has 0 heteroatoms. The summed E-state index contributed by atoms with van der Waals surface area (Å²) in [6, 6.07) is 167. The Labute approximate surface area is 881 Å². The number of rotatable bonds is 0. The average molecular weight is 1920 g/mol. The second kappa shape index (κ2) is 69.0. The van der Waals surface area contributed by atoms with Gasteiger partial charge in [-0.3, -0.25) is 0 Å². The fourth-order valence-electron chi connectivity index (χ4n) is 16.6. The summed E-state index contributed by atoms with van der Waals surface area (Å²) >= 11 is 0. The number of hydrogen-bond acceptors (Lipinski definition) is 0. The normalized spacial score (nSPS) is 9.58. The van der Waals surface area contributed by atoms with Crippen molar-refractivity contribution in [2.75, 3.05) is 0 Å². The van der Waals surface area contributed by atoms with E-state index in [0.29, 0.717) is 0 Å². The molecule has 0 saturated carbocycles. The van der Waals surface area contributed by atoms with Crippen molar-refractivity contribution in [1.29, 1.82) is 0 Å². The van der Waals surface area contributed by atoms with Gasteiger partial charge in [-0.25, -0.2) is 0 Å². The lowest BCUT2D eigenvalue weighted by molar-refractivity contribution is 1.48. The van der Waals surface area contributed by atoms with Gasteiger partial charge >= 0.3 is 0 Å². The largest absolute Gasteiger partial charge is 0.0683 e. The Morgan fingerprint density at radius 3 is 0.521 bits per heavy atom. The molecule has 24 aromatic carbocycles. The summed E-state index contributed by atoms with van der Waals surface area (Å²) in [6.45, 7) is 61.4. The van der Waals surface area contributed by atoms with Crippen LogP contribution in [-0.2, 0) is 0 Å². The quantitative estimate of drug-likeness (QED) is 0.133. The van der Waals surface area contributed by atoms with Crippen molar-refractivity contribution in [3.63, 3.8) is 0 Å². The van der Waals surface area contributed by atoms with Crippen LogP contribution in [-0.4, -0.2) is 0 Å². The summed E-state index contributed by atoms with van der Waals surface area (Å²) < 4.78 is 0. The Morgan fingerprint density at radius 2 is 0.253 bits per heavy atom. The zero-order chi connectivity index (χ0) is 107. The van der Waals surface area contributed by atoms with Crippen LogP contribution in [0, 0.1) is 69.2 Å². The maximum Gasteiger partial charge on any atom is -0.0148 e. The number of fused-ring (bicyclic) bond motifs is 14. The van der Waals surface area contributed by atoms with Crippen LogP contribution in [0.2, 0.25) is 0 Å². The lowest BCUT2D eigenvalue weighted by atomic mass is 9.98. The second-order valence-electron chi connectivity index (χ2n) is 32.9. The van der Waals surface area contributed by atoms with Gasteiger partial charge in [0, 0.05) is 0 Å². The molecule has 0 heterocycles. The van der Waals surface area contributed by atoms with Crippen LogP contribution in [0.4, 0.5) is 0 Å². The highest BCUT2D eigenvalue weighted by Crippen LogP contribution is 2.32. The SMILES string of the molecule is CC.CC.CC.CC.CC.CC.CC.CC.CC.CC.Cc1c2ccccc2cc2ccccc12.Cc1ccc2cc3ccccc3cc2c1.Cc1ccc2ccccc2c1.Cc1ccc2ccccc2c1.Cc1cccc2cc3ccccc3cc12.Cc1cccc2cc3ccccc3cc12.Cc1cccc2cc3ccccc3cc12.Cc1cccc2ccccc12.Cc1cccc2ccccc12.Cc1ccccc1. The van der Waals surface area contributed by atoms with Crippen molar-refractivity contribution in [2.45, 2.75) is 208 Å². The van der Waals surface area contributed by atoms with E-state index in [-0.39, 0.29) is 0 Å². The van der Waals surface area contributed by atoms with Gasteiger partial charge in [-0.1, -0.05) is 579 Å². The molecule has 752 valence electrons. The monoisotopic (exact) mass is 1920 g/mol. The Bertz CT molecular complexity index is 7270. The molecular weight excluding hydrogens is 1750 g/mol. The van der Waals surface area contributed by atoms with Gasteiger partial charge in [0.2, 0.25) is 0 Å². The fourth-order valence-corrected chi connectivity index (χ4v) is 16.6. The number of aryl methyl sites for hydroxylation is 10. The van der Waals surface area contributed by atoms with E-state index < -0.39 is 0 Å². The molecule has 0 aliphatic rings. The molecule has 0 aromatic heterocycles. The van der Waals surface area contributed by atoms with Crippen LogP contribution in [0.1, 0.15) is 194 Å². The summed E-state index contributed by atoms with van der Waals surface area (Å²) in [6.07, 6.45) is 0. The second-order valence-corrected chi connectivity index (χ2v) is 32.9. The highest BCUT2D eigenvalue weighted by atomic mass is 14.1. The van der Waals surface area contributed by atoms with Crippen molar-refractivity contribution in [1.82, 2.24) is 0 Å². The lowest BCUT2D eigenvalue weighted by Gasteiger charge is -2.06. The summed E-state index contributed by atoms with van der Waals surface area (Å²) in [5.41, 5.74) is 13.4. The third-order valence-electron chi connectivity index (χ3n) is 23.6. The predicted molar refractivity (Wildman–Crippen MR) is 670 cm³/mol. The summed E-state index contributed by atoms with van der Waals surface area (Å²) in [7, 11) is 0. The zero-order valence-electron chi connectivity index (χ0n) is 94.0. The minimum atomic E-state index is 1.31. The van der Waals surface area contributed by atoms with Crippen LogP contribution >= 0.6 is 0 Å². The van der Waals surface area contributed by atoms with Crippen molar-refractivity contribution in [2.24, 2.45) is 0 Å². The van der Waals surface area contributed by atoms with Crippen molar-refractivity contribution >= 4 is 151 Å². The molecule has 0 aliphatic carbocycles. The van der Waals surface area contributed by atoms with E-state index in [9.17, 15) is 0 Å². The Morgan fingerprint density at radius 1 is 0.0890 bits per heavy atom. The van der Waals surface area contributed by atoms with Gasteiger partial charge in [0.25, 0.3) is 0 Å². The molecule has 0 N–H and O–H groups in total. The Hall–Kier alpha value is -15.1. The minimum absolute atomic E-state index is 1.31. The molecule has 24 aromatic rings. The van der Waals surface area contributed by atoms with Gasteiger partial charge in [-0.2, -0.15) is 0 Å². The third kappa shape index (κ3) is 36.6. The molecule has 24 rings (SSSR count). The van der Waals surface area contributed by atoms with Crippen molar-refractivity contribution in [3.05, 3.63) is 529 Å². The smallest absolute Gasteiger partial charge is 0.0148 e. The molecule has 0 amide bonds. The molecule has 0 saturated heterocycles. The van der Waals surface area contributed by atoms with Crippen LogP contribution in [0.15, 0.2) is 473 Å². The third-order valence-corrected chi connectivity index (χ3v) is 23.6. The first-order valence-electron chi connectivity index (χ1n) is 53.8.